The largest absolute Gasteiger partial charge is 0.724 e. The smallest absolute Gasteiger partial charge is 0.119 e. The Kier molecular flexibility index (Phi) is 5.25. The molecule has 0 N–H and O–H groups in total. The summed E-state index contributed by atoms with van der Waals surface area (Å²) in [4.78, 5) is 18.9. The van der Waals surface area contributed by atoms with E-state index in [0.29, 0.717) is 6.08 Å². The van der Waals surface area contributed by atoms with E-state index in [4.69, 9.17) is 10.2 Å². The Morgan fingerprint density at radius 3 is 1.44 bits per heavy atom. The van der Waals surface area contributed by atoms with Crippen LogP contribution in [0.15, 0.2) is 19.0 Å². The number of hydrogen-bond donors (Lipinski definition) is 0. The van der Waals surface area contributed by atoms with E-state index in [-0.39, 0.29) is 0 Å². The van der Waals surface area contributed by atoms with E-state index in [1.54, 1.807) is 0 Å². The Labute approximate surface area is 51.3 Å². The maximum absolute atomic E-state index is 8.24. The summed E-state index contributed by atoms with van der Waals surface area (Å²) in [6.45, 7) is 0. The summed E-state index contributed by atoms with van der Waals surface area (Å²) in [5.41, 5.74) is 0. The molecular formula is C4H3N4O-. The van der Waals surface area contributed by atoms with Gasteiger partial charge in [0.25, 0.3) is 0 Å². The van der Waals surface area contributed by atoms with Crippen molar-refractivity contribution in [2.45, 2.75) is 0 Å². The molecule has 1 aromatic rings. The van der Waals surface area contributed by atoms with Gasteiger partial charge in [-0.15, -0.1) is 0 Å². The molecule has 0 aliphatic carbocycles. The fraction of sp³-hybridized carbons (Fsp3) is 0. The van der Waals surface area contributed by atoms with Crippen molar-refractivity contribution >= 4 is 6.08 Å². The molecule has 0 atom stereocenters. The molecule has 1 heterocycles. The second kappa shape index (κ2) is 6.39. The normalized spacial score (nSPS) is 6.22. The molecule has 0 fully saturated rings. The van der Waals surface area contributed by atoms with Gasteiger partial charge in [-0.05, 0) is 6.08 Å². The lowest BCUT2D eigenvalue weighted by atomic mass is 11.1. The van der Waals surface area contributed by atoms with Gasteiger partial charge in [0.2, 0.25) is 0 Å². The summed E-state index contributed by atoms with van der Waals surface area (Å²) in [7, 11) is 0. The lowest BCUT2D eigenvalue weighted by molar-refractivity contribution is 0.569. The third kappa shape index (κ3) is 6.39. The monoisotopic (exact) mass is 123 g/mol. The summed E-state index contributed by atoms with van der Waals surface area (Å²) in [6, 6.07) is 0. The van der Waals surface area contributed by atoms with Crippen LogP contribution in [0, 0.1) is 0 Å². The SMILES string of the molecule is [N-]=C=O.c1ncncn1. The number of nitrogens with zero attached hydrogens (tertiary/aromatic N) is 4. The number of hydrogen-bond acceptors (Lipinski definition) is 4. The van der Waals surface area contributed by atoms with Crippen LogP contribution >= 0.6 is 0 Å². The van der Waals surface area contributed by atoms with Crippen molar-refractivity contribution in [2.24, 2.45) is 0 Å². The van der Waals surface area contributed by atoms with Crippen molar-refractivity contribution in [1.29, 1.82) is 0 Å². The summed E-state index contributed by atoms with van der Waals surface area (Å²) in [5, 5.41) is 6.76. The minimum atomic E-state index is 0.500. The molecule has 9 heavy (non-hydrogen) atoms. The van der Waals surface area contributed by atoms with Crippen molar-refractivity contribution in [1.82, 2.24) is 15.0 Å². The van der Waals surface area contributed by atoms with Crippen molar-refractivity contribution in [3.8, 4) is 0 Å². The molecule has 5 heteroatoms. The molecule has 0 aromatic carbocycles. The maximum Gasteiger partial charge on any atom is 0.119 e. The summed E-state index contributed by atoms with van der Waals surface area (Å²) >= 11 is 0. The first-order valence-corrected chi connectivity index (χ1v) is 1.98. The Balaban J connectivity index is 0.000000187. The molecule has 0 saturated carbocycles. The van der Waals surface area contributed by atoms with Gasteiger partial charge >= 0.3 is 0 Å². The summed E-state index contributed by atoms with van der Waals surface area (Å²) < 4.78 is 0. The van der Waals surface area contributed by atoms with Gasteiger partial charge in [-0.3, -0.25) is 4.79 Å². The Hall–Kier alpha value is -1.61. The number of rotatable bonds is 0. The molecule has 0 unspecified atom stereocenters. The van der Waals surface area contributed by atoms with Crippen LogP contribution in [0.25, 0.3) is 5.41 Å². The van der Waals surface area contributed by atoms with Gasteiger partial charge in [0.05, 0.1) is 0 Å². The maximum atomic E-state index is 8.24. The van der Waals surface area contributed by atoms with Crippen molar-refractivity contribution in [3.05, 3.63) is 24.4 Å². The molecule has 0 spiro atoms. The molecular weight excluding hydrogens is 120 g/mol. The minimum Gasteiger partial charge on any atom is -0.724 e. The van der Waals surface area contributed by atoms with Crippen LogP contribution in [0.1, 0.15) is 0 Å². The first-order chi connectivity index (χ1) is 4.41. The van der Waals surface area contributed by atoms with Crippen LogP contribution in [-0.4, -0.2) is 21.0 Å². The zero-order valence-electron chi connectivity index (χ0n) is 4.43. The van der Waals surface area contributed by atoms with Crippen molar-refractivity contribution in [3.63, 3.8) is 0 Å². The second-order valence-corrected chi connectivity index (χ2v) is 0.885. The van der Waals surface area contributed by atoms with Crippen LogP contribution < -0.4 is 0 Å². The highest BCUT2D eigenvalue weighted by molar-refractivity contribution is 5.36. The van der Waals surface area contributed by atoms with Crippen molar-refractivity contribution in [2.75, 3.05) is 0 Å². The van der Waals surface area contributed by atoms with Gasteiger partial charge in [-0.2, -0.15) is 0 Å². The lowest BCUT2D eigenvalue weighted by Gasteiger charge is -1.69. The molecule has 0 aliphatic heterocycles. The minimum absolute atomic E-state index is 0.500. The van der Waals surface area contributed by atoms with E-state index >= 15 is 0 Å². The number of carbonyl (C=O) groups excluding carboxylic acids is 1. The third-order valence-corrected chi connectivity index (χ3v) is 0.400. The van der Waals surface area contributed by atoms with E-state index in [2.05, 4.69) is 15.0 Å². The number of isocyanates is 1. The average Bonchev–Trinajstić information content (AvgIpc) is 1.93. The van der Waals surface area contributed by atoms with Crippen LogP contribution in [0.3, 0.4) is 0 Å². The highest BCUT2D eigenvalue weighted by Gasteiger charge is 1.59. The molecule has 0 radical (unpaired) electrons. The van der Waals surface area contributed by atoms with E-state index in [1.165, 1.54) is 19.0 Å². The average molecular weight is 123 g/mol. The van der Waals surface area contributed by atoms with Crippen LogP contribution in [-0.2, 0) is 4.79 Å². The predicted molar refractivity (Wildman–Crippen MR) is 28.9 cm³/mol. The predicted octanol–water partition coefficient (Wildman–Crippen LogP) is -0.237. The molecule has 0 aliphatic rings. The first-order valence-electron chi connectivity index (χ1n) is 1.98. The van der Waals surface area contributed by atoms with Gasteiger partial charge in [-0.25, -0.2) is 15.0 Å². The van der Waals surface area contributed by atoms with Gasteiger partial charge in [0, 0.05) is 0 Å². The fourth-order valence-corrected chi connectivity index (χ4v) is 0.205. The van der Waals surface area contributed by atoms with Crippen LogP contribution in [0.5, 0.6) is 0 Å². The van der Waals surface area contributed by atoms with E-state index in [1.807, 2.05) is 0 Å². The van der Waals surface area contributed by atoms with E-state index < -0.39 is 0 Å². The lowest BCUT2D eigenvalue weighted by Crippen LogP contribution is -1.73. The highest BCUT2D eigenvalue weighted by atomic mass is 16.1. The third-order valence-electron chi connectivity index (χ3n) is 0.400. The summed E-state index contributed by atoms with van der Waals surface area (Å²) in [6.07, 6.45) is 4.81. The molecule has 0 saturated heterocycles. The zero-order chi connectivity index (χ0) is 6.95. The first kappa shape index (κ1) is 7.39. The highest BCUT2D eigenvalue weighted by Crippen LogP contribution is 1.57. The quantitative estimate of drug-likeness (QED) is 0.352. The van der Waals surface area contributed by atoms with Gasteiger partial charge < -0.3 is 5.41 Å². The fourth-order valence-electron chi connectivity index (χ4n) is 0.205. The molecule has 0 amide bonds. The van der Waals surface area contributed by atoms with E-state index in [9.17, 15) is 0 Å². The molecule has 46 valence electrons. The van der Waals surface area contributed by atoms with Crippen LogP contribution in [0.2, 0.25) is 0 Å². The standard InChI is InChI=1S/C3H3N3.CNO/c1-4-2-6-3-5-1;2-1-3/h1-3H;/q;-1. The van der Waals surface area contributed by atoms with Crippen LogP contribution in [0.4, 0.5) is 0 Å². The van der Waals surface area contributed by atoms with Gasteiger partial charge in [0.15, 0.2) is 0 Å². The zero-order valence-corrected chi connectivity index (χ0v) is 4.43. The van der Waals surface area contributed by atoms with Crippen molar-refractivity contribution < 1.29 is 4.79 Å². The molecule has 1 rings (SSSR count). The van der Waals surface area contributed by atoms with E-state index in [0.717, 1.165) is 0 Å². The Bertz CT molecular complexity index is 142. The van der Waals surface area contributed by atoms with Gasteiger partial charge in [-0.1, -0.05) is 0 Å². The Morgan fingerprint density at radius 2 is 1.33 bits per heavy atom. The summed E-state index contributed by atoms with van der Waals surface area (Å²) in [5.74, 6) is 0. The topological polar surface area (TPSA) is 78.0 Å². The van der Waals surface area contributed by atoms with Gasteiger partial charge in [0.1, 0.15) is 19.0 Å². The molecule has 5 nitrogen and oxygen atoms in total. The molecule has 0 bridgehead atoms. The number of aromatic nitrogens is 3. The second-order valence-electron chi connectivity index (χ2n) is 0.885. The molecule has 1 aromatic heterocycles. The Morgan fingerprint density at radius 1 is 1.11 bits per heavy atom.